The van der Waals surface area contributed by atoms with Gasteiger partial charge < -0.3 is 25.0 Å². The highest BCUT2D eigenvalue weighted by atomic mass is 16.5. The monoisotopic (exact) mass is 464 g/mol. The lowest BCUT2D eigenvalue weighted by Crippen LogP contribution is -2.28. The van der Waals surface area contributed by atoms with Gasteiger partial charge in [0.05, 0.1) is 12.8 Å². The fourth-order valence-electron chi connectivity index (χ4n) is 4.33. The van der Waals surface area contributed by atoms with E-state index in [9.17, 15) is 4.79 Å². The van der Waals surface area contributed by atoms with Crippen molar-refractivity contribution in [2.45, 2.75) is 44.9 Å². The molecule has 0 amide bonds. The first-order valence-corrected chi connectivity index (χ1v) is 12.1. The zero-order chi connectivity index (χ0) is 23.6. The van der Waals surface area contributed by atoms with Gasteiger partial charge in [-0.15, -0.1) is 4.98 Å². The molecule has 0 bridgehead atoms. The summed E-state index contributed by atoms with van der Waals surface area (Å²) in [6.45, 7) is 11.2. The molecule has 2 aliphatic heterocycles. The first-order chi connectivity index (χ1) is 16.7. The van der Waals surface area contributed by atoms with Crippen LogP contribution >= 0.6 is 0 Å². The molecule has 0 aromatic carbocycles. The van der Waals surface area contributed by atoms with Crippen LogP contribution in [0.2, 0.25) is 0 Å². The first kappa shape index (κ1) is 24.0. The second kappa shape index (κ2) is 12.4. The summed E-state index contributed by atoms with van der Waals surface area (Å²) in [7, 11) is 0. The average Bonchev–Trinajstić information content (AvgIpc) is 2.89. The fourth-order valence-corrected chi connectivity index (χ4v) is 4.33. The molecule has 2 aromatic rings. The lowest BCUT2D eigenvalue weighted by Gasteiger charge is -2.23. The SMILES string of the molecule is [C-]#[N+]c1cnc(Nc2cc(OCC3CCOCC3)c(CC(=O)CCC3CCNCC3)cn2)cn1. The molecule has 0 saturated carbocycles. The molecule has 34 heavy (non-hydrogen) atoms. The number of carbonyl (C=O) groups excluding carboxylic acids is 1. The average molecular weight is 465 g/mol. The molecule has 0 radical (unpaired) electrons. The van der Waals surface area contributed by atoms with Crippen LogP contribution < -0.4 is 15.4 Å². The Morgan fingerprint density at radius 2 is 1.88 bits per heavy atom. The minimum Gasteiger partial charge on any atom is -0.493 e. The maximum Gasteiger partial charge on any atom is 0.288 e. The van der Waals surface area contributed by atoms with Crippen LogP contribution in [0.25, 0.3) is 4.85 Å². The van der Waals surface area contributed by atoms with E-state index in [-0.39, 0.29) is 11.6 Å². The molecule has 4 heterocycles. The number of hydrogen-bond acceptors (Lipinski definition) is 8. The van der Waals surface area contributed by atoms with Gasteiger partial charge in [0.15, 0.2) is 12.0 Å². The number of nitrogens with one attached hydrogen (secondary N) is 2. The molecule has 0 spiro atoms. The third kappa shape index (κ3) is 7.20. The van der Waals surface area contributed by atoms with Crippen molar-refractivity contribution in [2.24, 2.45) is 11.8 Å². The summed E-state index contributed by atoms with van der Waals surface area (Å²) in [4.78, 5) is 28.7. The molecular formula is C25H32N6O3. The van der Waals surface area contributed by atoms with Crippen LogP contribution in [0, 0.1) is 18.4 Å². The van der Waals surface area contributed by atoms with Crippen molar-refractivity contribution in [1.29, 1.82) is 0 Å². The van der Waals surface area contributed by atoms with E-state index in [1.54, 1.807) is 6.20 Å². The molecule has 0 atom stereocenters. The van der Waals surface area contributed by atoms with Gasteiger partial charge in [0.1, 0.15) is 17.4 Å². The highest BCUT2D eigenvalue weighted by Crippen LogP contribution is 2.27. The summed E-state index contributed by atoms with van der Waals surface area (Å²) >= 11 is 0. The van der Waals surface area contributed by atoms with Crippen LogP contribution in [-0.4, -0.2) is 53.6 Å². The van der Waals surface area contributed by atoms with Gasteiger partial charge in [-0.1, -0.05) is 6.57 Å². The molecule has 0 aliphatic carbocycles. The van der Waals surface area contributed by atoms with E-state index in [0.29, 0.717) is 48.7 Å². The van der Waals surface area contributed by atoms with E-state index in [1.165, 1.54) is 12.4 Å². The molecule has 2 fully saturated rings. The molecule has 2 aromatic heterocycles. The first-order valence-electron chi connectivity index (χ1n) is 12.1. The molecule has 9 nitrogen and oxygen atoms in total. The highest BCUT2D eigenvalue weighted by molar-refractivity contribution is 5.81. The smallest absolute Gasteiger partial charge is 0.288 e. The number of rotatable bonds is 10. The van der Waals surface area contributed by atoms with Crippen molar-refractivity contribution in [3.63, 3.8) is 0 Å². The van der Waals surface area contributed by atoms with Crippen LogP contribution in [0.4, 0.5) is 17.5 Å². The number of nitrogens with zero attached hydrogens (tertiary/aromatic N) is 4. The minimum atomic E-state index is 0.220. The Morgan fingerprint density at radius 3 is 2.62 bits per heavy atom. The molecule has 0 unspecified atom stereocenters. The highest BCUT2D eigenvalue weighted by Gasteiger charge is 2.19. The number of carbonyl (C=O) groups is 1. The quantitative estimate of drug-likeness (QED) is 0.511. The molecular weight excluding hydrogens is 432 g/mol. The summed E-state index contributed by atoms with van der Waals surface area (Å²) in [6, 6.07) is 1.82. The van der Waals surface area contributed by atoms with Crippen molar-refractivity contribution < 1.29 is 14.3 Å². The van der Waals surface area contributed by atoms with E-state index in [0.717, 1.165) is 64.0 Å². The zero-order valence-electron chi connectivity index (χ0n) is 19.5. The number of anilines is 2. The Bertz CT molecular complexity index is 979. The second-order valence-electron chi connectivity index (χ2n) is 8.99. The van der Waals surface area contributed by atoms with Crippen LogP contribution in [0.5, 0.6) is 5.75 Å². The summed E-state index contributed by atoms with van der Waals surface area (Å²) in [5, 5.41) is 6.48. The maximum absolute atomic E-state index is 12.8. The number of piperidine rings is 1. The standard InChI is InChI=1S/C25H32N6O3/c1-26-24-15-30-25(16-29-24)31-23-13-22(34-17-19-6-10-33-11-7-19)20(14-28-23)12-21(32)3-2-18-4-8-27-9-5-18/h13-16,18-19,27H,2-12,17H2,(H,28,30,31). The van der Waals surface area contributed by atoms with E-state index < -0.39 is 0 Å². The molecule has 2 N–H and O–H groups in total. The fraction of sp³-hybridized carbons (Fsp3) is 0.560. The van der Waals surface area contributed by atoms with Crippen LogP contribution in [-0.2, 0) is 16.0 Å². The van der Waals surface area contributed by atoms with Crippen LogP contribution in [0.15, 0.2) is 24.7 Å². The largest absolute Gasteiger partial charge is 0.493 e. The summed E-state index contributed by atoms with van der Waals surface area (Å²) in [6.07, 6.45) is 10.7. The third-order valence-electron chi connectivity index (χ3n) is 6.45. The summed E-state index contributed by atoms with van der Waals surface area (Å²) in [5.41, 5.74) is 0.808. The zero-order valence-corrected chi connectivity index (χ0v) is 19.5. The van der Waals surface area contributed by atoms with Crippen molar-refractivity contribution in [3.8, 4) is 5.75 Å². The number of pyridine rings is 1. The molecule has 9 heteroatoms. The number of ether oxygens (including phenoxy) is 2. The molecule has 4 rings (SSSR count). The van der Waals surface area contributed by atoms with Gasteiger partial charge in [0.2, 0.25) is 0 Å². The Hall–Kier alpha value is -3.09. The van der Waals surface area contributed by atoms with Gasteiger partial charge in [-0.2, -0.15) is 0 Å². The lowest BCUT2D eigenvalue weighted by molar-refractivity contribution is -0.118. The number of aromatic nitrogens is 3. The number of hydrogen-bond donors (Lipinski definition) is 2. The van der Waals surface area contributed by atoms with E-state index in [1.807, 2.05) is 6.07 Å². The van der Waals surface area contributed by atoms with Crippen LogP contribution in [0.3, 0.4) is 0 Å². The van der Waals surface area contributed by atoms with Gasteiger partial charge in [-0.05, 0) is 57.0 Å². The van der Waals surface area contributed by atoms with Gasteiger partial charge in [0, 0.05) is 43.9 Å². The topological polar surface area (TPSA) is 103 Å². The van der Waals surface area contributed by atoms with Crippen molar-refractivity contribution >= 4 is 23.2 Å². The lowest BCUT2D eigenvalue weighted by atomic mass is 9.91. The van der Waals surface area contributed by atoms with Crippen molar-refractivity contribution in [1.82, 2.24) is 20.3 Å². The Kier molecular flexibility index (Phi) is 8.77. The second-order valence-corrected chi connectivity index (χ2v) is 8.99. The predicted molar refractivity (Wildman–Crippen MR) is 128 cm³/mol. The Labute approximate surface area is 200 Å². The Balaban J connectivity index is 1.42. The van der Waals surface area contributed by atoms with E-state index in [2.05, 4.69) is 30.4 Å². The predicted octanol–water partition coefficient (Wildman–Crippen LogP) is 3.86. The van der Waals surface area contributed by atoms with Crippen molar-refractivity contribution in [3.05, 3.63) is 41.6 Å². The summed E-state index contributed by atoms with van der Waals surface area (Å²) < 4.78 is 11.7. The van der Waals surface area contributed by atoms with E-state index in [4.69, 9.17) is 16.0 Å². The number of Topliss-reactive ketones (excluding diaryl/α,β-unsaturated/α-hetero) is 1. The van der Waals surface area contributed by atoms with E-state index >= 15 is 0 Å². The van der Waals surface area contributed by atoms with Gasteiger partial charge in [0.25, 0.3) is 5.82 Å². The Morgan fingerprint density at radius 1 is 1.09 bits per heavy atom. The normalized spacial score (nSPS) is 17.1. The third-order valence-corrected chi connectivity index (χ3v) is 6.45. The minimum absolute atomic E-state index is 0.220. The summed E-state index contributed by atoms with van der Waals surface area (Å²) in [5.74, 6) is 3.24. The van der Waals surface area contributed by atoms with Gasteiger partial charge in [-0.25, -0.2) is 9.97 Å². The van der Waals surface area contributed by atoms with Crippen molar-refractivity contribution in [2.75, 3.05) is 38.2 Å². The van der Waals surface area contributed by atoms with Gasteiger partial charge in [-0.3, -0.25) is 4.79 Å². The molecule has 2 aliphatic rings. The maximum atomic E-state index is 12.8. The molecule has 2 saturated heterocycles. The number of ketones is 1. The van der Waals surface area contributed by atoms with Crippen LogP contribution in [0.1, 0.15) is 44.1 Å². The molecule has 180 valence electrons. The van der Waals surface area contributed by atoms with Gasteiger partial charge >= 0.3 is 0 Å².